The van der Waals surface area contributed by atoms with Crippen LogP contribution in [0.25, 0.3) is 16.6 Å². The van der Waals surface area contributed by atoms with Crippen molar-refractivity contribution in [1.29, 1.82) is 0 Å². The van der Waals surface area contributed by atoms with E-state index in [-0.39, 0.29) is 11.9 Å². The fourth-order valence-electron chi connectivity index (χ4n) is 4.58. The summed E-state index contributed by atoms with van der Waals surface area (Å²) in [5, 5.41) is 9.70. The predicted octanol–water partition coefficient (Wildman–Crippen LogP) is 4.89. The molecular weight excluding hydrogens is 396 g/mol. The highest BCUT2D eigenvalue weighted by Gasteiger charge is 2.24. The number of aryl methyl sites for hydroxylation is 3. The number of hydrogen-bond acceptors (Lipinski definition) is 3. The van der Waals surface area contributed by atoms with Crippen molar-refractivity contribution in [2.75, 3.05) is 0 Å². The van der Waals surface area contributed by atoms with Gasteiger partial charge in [-0.1, -0.05) is 29.8 Å². The molecule has 2 aromatic carbocycles. The minimum Gasteiger partial charge on any atom is -0.349 e. The van der Waals surface area contributed by atoms with Crippen LogP contribution in [0.4, 0.5) is 0 Å². The lowest BCUT2D eigenvalue weighted by atomic mass is 10.0. The number of nitrogens with zero attached hydrogens (tertiary/aromatic N) is 3. The molecule has 1 atom stereocenters. The molecule has 1 aliphatic rings. The number of carbonyl (C=O) groups is 1. The number of fused-ring (bicyclic) bond motifs is 4. The fourth-order valence-corrected chi connectivity index (χ4v) is 4.77. The maximum absolute atomic E-state index is 12.7. The van der Waals surface area contributed by atoms with Gasteiger partial charge in [0.2, 0.25) is 5.91 Å². The first kappa shape index (κ1) is 19.1. The molecule has 1 aliphatic carbocycles. The SMILES string of the molecule is Cc1nc2c3ccccc3nn2c(C)c1CCC(=O)NC1CCc2cc(Cl)ccc21. The summed E-state index contributed by atoms with van der Waals surface area (Å²) < 4.78 is 1.90. The van der Waals surface area contributed by atoms with Crippen LogP contribution in [0.2, 0.25) is 5.02 Å². The number of halogens is 1. The van der Waals surface area contributed by atoms with E-state index in [1.54, 1.807) is 0 Å². The van der Waals surface area contributed by atoms with E-state index in [1.807, 2.05) is 53.9 Å². The zero-order valence-electron chi connectivity index (χ0n) is 17.1. The normalized spacial score (nSPS) is 15.6. The third-order valence-electron chi connectivity index (χ3n) is 6.14. The average molecular weight is 419 g/mol. The molecule has 0 radical (unpaired) electrons. The molecule has 1 amide bonds. The molecule has 1 N–H and O–H groups in total. The van der Waals surface area contributed by atoms with Crippen LogP contribution < -0.4 is 5.32 Å². The van der Waals surface area contributed by atoms with E-state index in [2.05, 4.69) is 12.2 Å². The van der Waals surface area contributed by atoms with Gasteiger partial charge in [0.25, 0.3) is 0 Å². The van der Waals surface area contributed by atoms with Gasteiger partial charge in [-0.25, -0.2) is 9.50 Å². The summed E-state index contributed by atoms with van der Waals surface area (Å²) in [6.07, 6.45) is 2.94. The van der Waals surface area contributed by atoms with Gasteiger partial charge < -0.3 is 5.32 Å². The van der Waals surface area contributed by atoms with Gasteiger partial charge in [-0.15, -0.1) is 0 Å². The van der Waals surface area contributed by atoms with Gasteiger partial charge in [0.1, 0.15) is 0 Å². The Bertz CT molecular complexity index is 1290. The molecule has 0 saturated carbocycles. The number of benzene rings is 2. The third-order valence-corrected chi connectivity index (χ3v) is 6.37. The number of nitrogens with one attached hydrogen (secondary N) is 1. The minimum absolute atomic E-state index is 0.0623. The lowest BCUT2D eigenvalue weighted by Gasteiger charge is -2.15. The third kappa shape index (κ3) is 3.23. The second-order valence-electron chi connectivity index (χ2n) is 8.02. The monoisotopic (exact) mass is 418 g/mol. The van der Waals surface area contributed by atoms with Crippen LogP contribution >= 0.6 is 11.6 Å². The fraction of sp³-hybridized carbons (Fsp3) is 0.292. The summed E-state index contributed by atoms with van der Waals surface area (Å²) in [6, 6.07) is 14.0. The molecule has 0 spiro atoms. The van der Waals surface area contributed by atoms with Gasteiger partial charge in [0.15, 0.2) is 5.65 Å². The van der Waals surface area contributed by atoms with E-state index in [4.69, 9.17) is 21.7 Å². The first-order valence-corrected chi connectivity index (χ1v) is 10.7. The van der Waals surface area contributed by atoms with Gasteiger partial charge >= 0.3 is 0 Å². The Morgan fingerprint density at radius 1 is 1.23 bits per heavy atom. The molecule has 0 fully saturated rings. The number of carbonyl (C=O) groups excluding carboxylic acids is 1. The Labute approximate surface area is 180 Å². The molecule has 0 saturated heterocycles. The largest absolute Gasteiger partial charge is 0.349 e. The van der Waals surface area contributed by atoms with Crippen molar-refractivity contribution in [2.24, 2.45) is 0 Å². The number of hydrogen-bond donors (Lipinski definition) is 1. The molecule has 30 heavy (non-hydrogen) atoms. The van der Waals surface area contributed by atoms with Crippen molar-refractivity contribution in [3.63, 3.8) is 0 Å². The molecule has 0 aliphatic heterocycles. The summed E-state index contributed by atoms with van der Waals surface area (Å²) in [5.74, 6) is 0.0623. The zero-order valence-corrected chi connectivity index (χ0v) is 17.8. The molecule has 4 aromatic rings. The highest BCUT2D eigenvalue weighted by Crippen LogP contribution is 2.33. The van der Waals surface area contributed by atoms with Gasteiger partial charge in [-0.05, 0) is 74.1 Å². The van der Waals surface area contributed by atoms with E-state index < -0.39 is 0 Å². The molecule has 2 heterocycles. The lowest BCUT2D eigenvalue weighted by Crippen LogP contribution is -2.27. The maximum Gasteiger partial charge on any atom is 0.220 e. The Hall–Kier alpha value is -2.92. The lowest BCUT2D eigenvalue weighted by molar-refractivity contribution is -0.121. The van der Waals surface area contributed by atoms with Crippen LogP contribution in [0.1, 0.15) is 47.0 Å². The number of amides is 1. The van der Waals surface area contributed by atoms with Crippen molar-refractivity contribution >= 4 is 34.1 Å². The van der Waals surface area contributed by atoms with Crippen molar-refractivity contribution in [2.45, 2.75) is 45.6 Å². The standard InChI is InChI=1S/C24H23ClN4O/c1-14-18(15(2)29-24(26-14)20-5-3-4-6-22(20)28-29)10-12-23(30)27-21-11-7-16-13-17(25)8-9-19(16)21/h3-6,8-9,13,21H,7,10-12H2,1-2H3,(H,27,30). The predicted molar refractivity (Wildman–Crippen MR) is 119 cm³/mol. The molecule has 5 nitrogen and oxygen atoms in total. The second-order valence-corrected chi connectivity index (χ2v) is 8.45. The smallest absolute Gasteiger partial charge is 0.220 e. The molecule has 0 bridgehead atoms. The van der Waals surface area contributed by atoms with E-state index in [1.165, 1.54) is 11.1 Å². The van der Waals surface area contributed by atoms with Crippen LogP contribution in [0.5, 0.6) is 0 Å². The Morgan fingerprint density at radius 2 is 2.07 bits per heavy atom. The number of aromatic nitrogens is 3. The molecule has 6 heteroatoms. The van der Waals surface area contributed by atoms with Crippen LogP contribution in [0, 0.1) is 13.8 Å². The van der Waals surface area contributed by atoms with Crippen LogP contribution in [-0.4, -0.2) is 20.5 Å². The van der Waals surface area contributed by atoms with Crippen molar-refractivity contribution < 1.29 is 4.79 Å². The molecular formula is C24H23ClN4O. The Balaban J connectivity index is 1.34. The van der Waals surface area contributed by atoms with Crippen molar-refractivity contribution in [3.05, 3.63) is 75.6 Å². The molecule has 2 aromatic heterocycles. The highest BCUT2D eigenvalue weighted by atomic mass is 35.5. The van der Waals surface area contributed by atoms with Crippen molar-refractivity contribution in [1.82, 2.24) is 19.9 Å². The zero-order chi connectivity index (χ0) is 20.8. The first-order chi connectivity index (χ1) is 14.5. The van der Waals surface area contributed by atoms with E-state index >= 15 is 0 Å². The topological polar surface area (TPSA) is 59.3 Å². The van der Waals surface area contributed by atoms with Gasteiger partial charge in [-0.2, -0.15) is 5.10 Å². The first-order valence-electron chi connectivity index (χ1n) is 10.3. The summed E-state index contributed by atoms with van der Waals surface area (Å²) in [4.78, 5) is 17.5. The second kappa shape index (κ2) is 7.40. The maximum atomic E-state index is 12.7. The van der Waals surface area contributed by atoms with Crippen molar-refractivity contribution in [3.8, 4) is 0 Å². The quantitative estimate of drug-likeness (QED) is 0.513. The summed E-state index contributed by atoms with van der Waals surface area (Å²) in [7, 11) is 0. The van der Waals surface area contributed by atoms with Crippen LogP contribution in [0.15, 0.2) is 42.5 Å². The summed E-state index contributed by atoms with van der Waals surface area (Å²) >= 11 is 6.09. The van der Waals surface area contributed by atoms with Gasteiger partial charge in [0.05, 0.1) is 11.6 Å². The average Bonchev–Trinajstić information content (AvgIpc) is 3.29. The molecule has 1 unspecified atom stereocenters. The Kier molecular flexibility index (Phi) is 4.70. The van der Waals surface area contributed by atoms with E-state index in [9.17, 15) is 4.79 Å². The Morgan fingerprint density at radius 3 is 2.93 bits per heavy atom. The summed E-state index contributed by atoms with van der Waals surface area (Å²) in [6.45, 7) is 4.07. The number of rotatable bonds is 4. The van der Waals surface area contributed by atoms with Gasteiger partial charge in [-0.3, -0.25) is 4.79 Å². The van der Waals surface area contributed by atoms with Crippen LogP contribution in [0.3, 0.4) is 0 Å². The van der Waals surface area contributed by atoms with E-state index in [0.717, 1.165) is 51.4 Å². The summed E-state index contributed by atoms with van der Waals surface area (Å²) in [5.41, 5.74) is 7.31. The van der Waals surface area contributed by atoms with E-state index in [0.29, 0.717) is 12.8 Å². The molecule has 5 rings (SSSR count). The van der Waals surface area contributed by atoms with Gasteiger partial charge in [0, 0.05) is 28.2 Å². The highest BCUT2D eigenvalue weighted by molar-refractivity contribution is 6.30. The van der Waals surface area contributed by atoms with Crippen LogP contribution in [-0.2, 0) is 17.6 Å². The molecule has 152 valence electrons. The minimum atomic E-state index is 0.0623.